The number of nitrogens with one attached hydrogen (secondary N) is 2. The summed E-state index contributed by atoms with van der Waals surface area (Å²) >= 11 is 0. The summed E-state index contributed by atoms with van der Waals surface area (Å²) in [6, 6.07) is 0. The summed E-state index contributed by atoms with van der Waals surface area (Å²) in [5.74, 6) is 2.01. The Kier molecular flexibility index (Phi) is 2.61. The first-order valence-corrected chi connectivity index (χ1v) is 5.02. The predicted molar refractivity (Wildman–Crippen MR) is 60.7 cm³/mol. The predicted octanol–water partition coefficient (Wildman–Crippen LogP) is 2.92. The van der Waals surface area contributed by atoms with E-state index in [9.17, 15) is 0 Å². The van der Waals surface area contributed by atoms with Gasteiger partial charge < -0.3 is 10.3 Å². The van der Waals surface area contributed by atoms with Gasteiger partial charge in [0.05, 0.1) is 6.20 Å². The minimum Gasteiger partial charge on any atom is -0.366 e. The summed E-state index contributed by atoms with van der Waals surface area (Å²) in [5.41, 5.74) is 0.152. The second-order valence-electron chi connectivity index (χ2n) is 5.77. The molecule has 0 aliphatic carbocycles. The Balaban J connectivity index is 2.79. The first-order valence-electron chi connectivity index (χ1n) is 5.02. The summed E-state index contributed by atoms with van der Waals surface area (Å²) in [5, 5.41) is 3.36. The number of H-pyrrole nitrogens is 1. The van der Waals surface area contributed by atoms with Crippen LogP contribution in [0.2, 0.25) is 0 Å². The zero-order valence-corrected chi connectivity index (χ0v) is 10.0. The van der Waals surface area contributed by atoms with E-state index in [0.717, 1.165) is 11.6 Å². The SMILES string of the molecule is CC(C)(C)Nc1cnc(C(C)(C)C)[nH]1. The van der Waals surface area contributed by atoms with E-state index in [-0.39, 0.29) is 11.0 Å². The summed E-state index contributed by atoms with van der Waals surface area (Å²) in [7, 11) is 0. The van der Waals surface area contributed by atoms with E-state index >= 15 is 0 Å². The Morgan fingerprint density at radius 2 is 1.71 bits per heavy atom. The lowest BCUT2D eigenvalue weighted by molar-refractivity contribution is 0.551. The largest absolute Gasteiger partial charge is 0.366 e. The Hall–Kier alpha value is -0.990. The van der Waals surface area contributed by atoms with Gasteiger partial charge in [0.15, 0.2) is 0 Å². The van der Waals surface area contributed by atoms with Crippen LogP contribution >= 0.6 is 0 Å². The normalized spacial score (nSPS) is 13.0. The highest BCUT2D eigenvalue weighted by molar-refractivity contribution is 5.36. The van der Waals surface area contributed by atoms with E-state index in [1.165, 1.54) is 0 Å². The van der Waals surface area contributed by atoms with E-state index < -0.39 is 0 Å². The van der Waals surface area contributed by atoms with Crippen LogP contribution in [0.25, 0.3) is 0 Å². The summed E-state index contributed by atoms with van der Waals surface area (Å²) in [6.07, 6.45) is 1.85. The van der Waals surface area contributed by atoms with Gasteiger partial charge in [-0.25, -0.2) is 4.98 Å². The summed E-state index contributed by atoms with van der Waals surface area (Å²) < 4.78 is 0. The molecule has 3 heteroatoms. The van der Waals surface area contributed by atoms with Crippen molar-refractivity contribution < 1.29 is 0 Å². The maximum absolute atomic E-state index is 4.35. The zero-order chi connectivity index (χ0) is 11.0. The lowest BCUT2D eigenvalue weighted by Gasteiger charge is -2.20. The van der Waals surface area contributed by atoms with Crippen LogP contribution in [0.3, 0.4) is 0 Å². The monoisotopic (exact) mass is 195 g/mol. The molecule has 0 spiro atoms. The van der Waals surface area contributed by atoms with Crippen molar-refractivity contribution in [3.8, 4) is 0 Å². The molecule has 3 nitrogen and oxygen atoms in total. The van der Waals surface area contributed by atoms with Crippen molar-refractivity contribution in [1.82, 2.24) is 9.97 Å². The number of anilines is 1. The fraction of sp³-hybridized carbons (Fsp3) is 0.727. The van der Waals surface area contributed by atoms with E-state index in [2.05, 4.69) is 56.8 Å². The minimum atomic E-state index is 0.0711. The molecule has 0 fully saturated rings. The average molecular weight is 195 g/mol. The molecule has 0 radical (unpaired) electrons. The van der Waals surface area contributed by atoms with Gasteiger partial charge in [-0.3, -0.25) is 0 Å². The second kappa shape index (κ2) is 3.30. The van der Waals surface area contributed by atoms with Gasteiger partial charge >= 0.3 is 0 Å². The highest BCUT2D eigenvalue weighted by Gasteiger charge is 2.18. The molecule has 14 heavy (non-hydrogen) atoms. The Bertz CT molecular complexity index is 299. The van der Waals surface area contributed by atoms with Crippen molar-refractivity contribution >= 4 is 5.82 Å². The van der Waals surface area contributed by atoms with Gasteiger partial charge in [0.1, 0.15) is 11.6 Å². The average Bonchev–Trinajstić information content (AvgIpc) is 2.29. The van der Waals surface area contributed by atoms with Crippen molar-refractivity contribution in [2.45, 2.75) is 52.5 Å². The maximum Gasteiger partial charge on any atom is 0.123 e. The van der Waals surface area contributed by atoms with Crippen molar-refractivity contribution in [1.29, 1.82) is 0 Å². The van der Waals surface area contributed by atoms with Gasteiger partial charge in [0.2, 0.25) is 0 Å². The van der Waals surface area contributed by atoms with E-state index in [1.807, 2.05) is 6.20 Å². The molecule has 0 atom stereocenters. The van der Waals surface area contributed by atoms with Crippen LogP contribution in [-0.2, 0) is 5.41 Å². The molecule has 0 amide bonds. The van der Waals surface area contributed by atoms with Crippen LogP contribution in [0.15, 0.2) is 6.20 Å². The van der Waals surface area contributed by atoms with Gasteiger partial charge in [-0.15, -0.1) is 0 Å². The molecule has 1 aromatic heterocycles. The highest BCUT2D eigenvalue weighted by atomic mass is 15.1. The molecule has 1 heterocycles. The van der Waals surface area contributed by atoms with E-state index in [4.69, 9.17) is 0 Å². The van der Waals surface area contributed by atoms with Crippen LogP contribution in [-0.4, -0.2) is 15.5 Å². The van der Waals surface area contributed by atoms with Gasteiger partial charge in [-0.2, -0.15) is 0 Å². The van der Waals surface area contributed by atoms with Gasteiger partial charge in [0.25, 0.3) is 0 Å². The van der Waals surface area contributed by atoms with E-state index in [0.29, 0.717) is 0 Å². The molecule has 80 valence electrons. The molecule has 0 aromatic carbocycles. The van der Waals surface area contributed by atoms with Crippen molar-refractivity contribution in [3.63, 3.8) is 0 Å². The summed E-state index contributed by atoms with van der Waals surface area (Å²) in [6.45, 7) is 12.8. The number of hydrogen-bond donors (Lipinski definition) is 2. The number of aromatic amines is 1. The number of aromatic nitrogens is 2. The van der Waals surface area contributed by atoms with Crippen LogP contribution in [0.5, 0.6) is 0 Å². The maximum atomic E-state index is 4.35. The molecule has 0 bridgehead atoms. The lowest BCUT2D eigenvalue weighted by atomic mass is 9.96. The first-order chi connectivity index (χ1) is 6.18. The smallest absolute Gasteiger partial charge is 0.123 e. The Labute approximate surface area is 86.3 Å². The van der Waals surface area contributed by atoms with Crippen LogP contribution in [0.4, 0.5) is 5.82 Å². The number of nitrogens with zero attached hydrogens (tertiary/aromatic N) is 1. The molecular weight excluding hydrogens is 174 g/mol. The fourth-order valence-corrected chi connectivity index (χ4v) is 1.17. The highest BCUT2D eigenvalue weighted by Crippen LogP contribution is 2.21. The van der Waals surface area contributed by atoms with Crippen molar-refractivity contribution in [2.24, 2.45) is 0 Å². The van der Waals surface area contributed by atoms with Gasteiger partial charge in [-0.1, -0.05) is 20.8 Å². The first kappa shape index (κ1) is 11.1. The third kappa shape index (κ3) is 3.05. The number of rotatable bonds is 1. The second-order valence-corrected chi connectivity index (χ2v) is 5.77. The molecule has 1 aromatic rings. The number of imidazole rings is 1. The third-order valence-electron chi connectivity index (χ3n) is 1.80. The van der Waals surface area contributed by atoms with Crippen molar-refractivity contribution in [3.05, 3.63) is 12.0 Å². The Morgan fingerprint density at radius 1 is 1.14 bits per heavy atom. The van der Waals surface area contributed by atoms with Crippen molar-refractivity contribution in [2.75, 3.05) is 5.32 Å². The fourth-order valence-electron chi connectivity index (χ4n) is 1.17. The Morgan fingerprint density at radius 3 is 2.07 bits per heavy atom. The number of hydrogen-bond acceptors (Lipinski definition) is 2. The minimum absolute atomic E-state index is 0.0711. The molecule has 0 saturated heterocycles. The van der Waals surface area contributed by atoms with Crippen LogP contribution < -0.4 is 5.32 Å². The topological polar surface area (TPSA) is 40.7 Å². The van der Waals surface area contributed by atoms with Crippen LogP contribution in [0, 0.1) is 0 Å². The zero-order valence-electron chi connectivity index (χ0n) is 10.0. The quantitative estimate of drug-likeness (QED) is 0.723. The summed E-state index contributed by atoms with van der Waals surface area (Å²) in [4.78, 5) is 7.64. The molecule has 0 saturated carbocycles. The molecular formula is C11H21N3. The third-order valence-corrected chi connectivity index (χ3v) is 1.80. The molecule has 1 rings (SSSR count). The molecule has 2 N–H and O–H groups in total. The molecule has 0 aliphatic rings. The molecule has 0 aliphatic heterocycles. The van der Waals surface area contributed by atoms with E-state index in [1.54, 1.807) is 0 Å². The van der Waals surface area contributed by atoms with Crippen LogP contribution in [0.1, 0.15) is 47.4 Å². The standard InChI is InChI=1S/C11H21N3/c1-10(2,3)9-12-7-8(13-9)14-11(4,5)6/h7,14H,1-6H3,(H,12,13). The molecule has 0 unspecified atom stereocenters. The lowest BCUT2D eigenvalue weighted by Crippen LogP contribution is -2.26. The van der Waals surface area contributed by atoms with Gasteiger partial charge in [-0.05, 0) is 20.8 Å². The van der Waals surface area contributed by atoms with Gasteiger partial charge in [0, 0.05) is 11.0 Å².